The topological polar surface area (TPSA) is 12.4 Å². The van der Waals surface area contributed by atoms with Crippen molar-refractivity contribution in [1.82, 2.24) is 0 Å². The highest BCUT2D eigenvalue weighted by Crippen LogP contribution is 1.98. The fourth-order valence-corrected chi connectivity index (χ4v) is 0.888. The molecule has 0 spiro atoms. The molecule has 0 aliphatic rings. The quantitative estimate of drug-likeness (QED) is 0.601. The van der Waals surface area contributed by atoms with Crippen LogP contribution in [-0.4, -0.2) is 6.21 Å². The summed E-state index contributed by atoms with van der Waals surface area (Å²) >= 11 is 0. The van der Waals surface area contributed by atoms with Gasteiger partial charge in [0.05, 0.1) is 6.54 Å². The van der Waals surface area contributed by atoms with Crippen molar-refractivity contribution in [2.24, 2.45) is 4.99 Å². The smallest absolute Gasteiger partial charge is 0.0639 e. The van der Waals surface area contributed by atoms with E-state index in [9.17, 15) is 0 Å². The first kappa shape index (κ1) is 8.72. The monoisotopic (exact) mass is 159 g/mol. The first-order chi connectivity index (χ1) is 5.93. The van der Waals surface area contributed by atoms with Crippen LogP contribution in [0.4, 0.5) is 0 Å². The summed E-state index contributed by atoms with van der Waals surface area (Å²) in [5, 5.41) is 0. The molecule has 12 heavy (non-hydrogen) atoms. The van der Waals surface area contributed by atoms with Gasteiger partial charge in [0.25, 0.3) is 0 Å². The van der Waals surface area contributed by atoms with Gasteiger partial charge in [-0.25, -0.2) is 0 Å². The van der Waals surface area contributed by atoms with E-state index in [1.165, 1.54) is 5.56 Å². The maximum atomic E-state index is 4.22. The molecule has 0 aromatic heterocycles. The molecule has 0 unspecified atom stereocenters. The predicted octanol–water partition coefficient (Wildman–Crippen LogP) is 2.83. The van der Waals surface area contributed by atoms with E-state index in [4.69, 9.17) is 0 Å². The first-order valence-electron chi connectivity index (χ1n) is 4.08. The Hall–Kier alpha value is -1.37. The molecule has 0 N–H and O–H groups in total. The van der Waals surface area contributed by atoms with E-state index in [0.717, 1.165) is 6.54 Å². The van der Waals surface area contributed by atoms with E-state index in [1.54, 1.807) is 0 Å². The molecule has 1 nitrogen and oxygen atoms in total. The second kappa shape index (κ2) is 5.30. The average Bonchev–Trinajstić information content (AvgIpc) is 2.14. The van der Waals surface area contributed by atoms with Gasteiger partial charge in [-0.3, -0.25) is 4.99 Å². The van der Waals surface area contributed by atoms with E-state index < -0.39 is 0 Å². The van der Waals surface area contributed by atoms with E-state index in [-0.39, 0.29) is 0 Å². The molecule has 0 saturated heterocycles. The second-order valence-electron chi connectivity index (χ2n) is 2.50. The molecule has 0 radical (unpaired) electrons. The van der Waals surface area contributed by atoms with Crippen LogP contribution in [0.5, 0.6) is 0 Å². The molecule has 0 saturated carbocycles. The van der Waals surface area contributed by atoms with Crippen LogP contribution < -0.4 is 0 Å². The van der Waals surface area contributed by atoms with Crippen molar-refractivity contribution in [2.45, 2.75) is 13.5 Å². The SMILES string of the molecule is C/C=C\C=NCc1ccccc1. The number of allylic oxidation sites excluding steroid dienone is 2. The fourth-order valence-electron chi connectivity index (χ4n) is 0.888. The second-order valence-corrected chi connectivity index (χ2v) is 2.50. The summed E-state index contributed by atoms with van der Waals surface area (Å²) in [7, 11) is 0. The Labute approximate surface area is 73.5 Å². The molecule has 62 valence electrons. The molecule has 1 heteroatoms. The van der Waals surface area contributed by atoms with Crippen molar-refractivity contribution in [3.63, 3.8) is 0 Å². The molecule has 0 fully saturated rings. The summed E-state index contributed by atoms with van der Waals surface area (Å²) in [6.45, 7) is 2.75. The summed E-state index contributed by atoms with van der Waals surface area (Å²) in [4.78, 5) is 4.22. The number of hydrogen-bond acceptors (Lipinski definition) is 1. The van der Waals surface area contributed by atoms with E-state index in [1.807, 2.05) is 43.5 Å². The van der Waals surface area contributed by atoms with Crippen molar-refractivity contribution in [3.8, 4) is 0 Å². The lowest BCUT2D eigenvalue weighted by Crippen LogP contribution is -1.79. The Morgan fingerprint density at radius 3 is 2.67 bits per heavy atom. The predicted molar refractivity (Wildman–Crippen MR) is 53.5 cm³/mol. The Balaban J connectivity index is 2.43. The number of benzene rings is 1. The number of nitrogens with zero attached hydrogens (tertiary/aromatic N) is 1. The van der Waals surface area contributed by atoms with Gasteiger partial charge < -0.3 is 0 Å². The highest BCUT2D eigenvalue weighted by Gasteiger charge is 1.84. The van der Waals surface area contributed by atoms with Crippen LogP contribution in [0.2, 0.25) is 0 Å². The lowest BCUT2D eigenvalue weighted by Gasteiger charge is -1.92. The van der Waals surface area contributed by atoms with Crippen LogP contribution in [-0.2, 0) is 6.54 Å². The molecule has 1 rings (SSSR count). The summed E-state index contributed by atoms with van der Waals surface area (Å²) in [6.07, 6.45) is 5.73. The molecular weight excluding hydrogens is 146 g/mol. The molecular formula is C11H13N. The minimum absolute atomic E-state index is 0.769. The van der Waals surface area contributed by atoms with Crippen molar-refractivity contribution in [3.05, 3.63) is 48.0 Å². The van der Waals surface area contributed by atoms with Crippen molar-refractivity contribution >= 4 is 6.21 Å². The minimum Gasteiger partial charge on any atom is -0.288 e. The zero-order valence-corrected chi connectivity index (χ0v) is 7.27. The minimum atomic E-state index is 0.769. The number of rotatable bonds is 3. The van der Waals surface area contributed by atoms with Gasteiger partial charge in [0.2, 0.25) is 0 Å². The molecule has 0 aliphatic heterocycles. The lowest BCUT2D eigenvalue weighted by molar-refractivity contribution is 1.08. The van der Waals surface area contributed by atoms with Crippen molar-refractivity contribution in [2.75, 3.05) is 0 Å². The largest absolute Gasteiger partial charge is 0.288 e. The van der Waals surface area contributed by atoms with Crippen LogP contribution in [0.25, 0.3) is 0 Å². The number of aliphatic imine (C=N–C) groups is 1. The Kier molecular flexibility index (Phi) is 3.86. The maximum absolute atomic E-state index is 4.22. The summed E-state index contributed by atoms with van der Waals surface area (Å²) in [6, 6.07) is 10.2. The van der Waals surface area contributed by atoms with Gasteiger partial charge in [-0.15, -0.1) is 0 Å². The molecule has 0 aliphatic carbocycles. The van der Waals surface area contributed by atoms with Gasteiger partial charge in [-0.1, -0.05) is 36.4 Å². The number of hydrogen-bond donors (Lipinski definition) is 0. The molecule has 1 aromatic carbocycles. The van der Waals surface area contributed by atoms with Crippen LogP contribution >= 0.6 is 0 Å². The van der Waals surface area contributed by atoms with Crippen molar-refractivity contribution < 1.29 is 0 Å². The third-order valence-corrected chi connectivity index (χ3v) is 1.50. The van der Waals surface area contributed by atoms with E-state index >= 15 is 0 Å². The molecule has 0 amide bonds. The Morgan fingerprint density at radius 1 is 1.25 bits per heavy atom. The maximum Gasteiger partial charge on any atom is 0.0639 e. The lowest BCUT2D eigenvalue weighted by atomic mass is 10.2. The van der Waals surface area contributed by atoms with E-state index in [0.29, 0.717) is 0 Å². The van der Waals surface area contributed by atoms with Gasteiger partial charge in [0.15, 0.2) is 0 Å². The fraction of sp³-hybridized carbons (Fsp3) is 0.182. The first-order valence-corrected chi connectivity index (χ1v) is 4.08. The highest BCUT2D eigenvalue weighted by molar-refractivity contribution is 5.70. The van der Waals surface area contributed by atoms with Crippen LogP contribution in [0.1, 0.15) is 12.5 Å². The van der Waals surface area contributed by atoms with Crippen molar-refractivity contribution in [1.29, 1.82) is 0 Å². The van der Waals surface area contributed by atoms with Gasteiger partial charge in [0.1, 0.15) is 0 Å². The van der Waals surface area contributed by atoms with Gasteiger partial charge in [0, 0.05) is 6.21 Å². The summed E-state index contributed by atoms with van der Waals surface area (Å²) in [5.41, 5.74) is 1.25. The zero-order valence-electron chi connectivity index (χ0n) is 7.27. The van der Waals surface area contributed by atoms with Crippen LogP contribution in [0, 0.1) is 0 Å². The highest BCUT2D eigenvalue weighted by atomic mass is 14.7. The Bertz CT molecular complexity index is 260. The molecule has 0 heterocycles. The van der Waals surface area contributed by atoms with E-state index in [2.05, 4.69) is 17.1 Å². The van der Waals surface area contributed by atoms with Gasteiger partial charge >= 0.3 is 0 Å². The Morgan fingerprint density at radius 2 is 2.00 bits per heavy atom. The third-order valence-electron chi connectivity index (χ3n) is 1.50. The molecule has 0 bridgehead atoms. The average molecular weight is 159 g/mol. The van der Waals surface area contributed by atoms with Gasteiger partial charge in [-0.2, -0.15) is 0 Å². The van der Waals surface area contributed by atoms with Crippen LogP contribution in [0.3, 0.4) is 0 Å². The molecule has 0 atom stereocenters. The standard InChI is InChI=1S/C11H13N/c1-2-3-9-12-10-11-7-5-4-6-8-11/h2-9H,10H2,1H3/b3-2-,12-9?. The summed E-state index contributed by atoms with van der Waals surface area (Å²) in [5.74, 6) is 0. The molecule has 1 aromatic rings. The summed E-state index contributed by atoms with van der Waals surface area (Å²) < 4.78 is 0. The third kappa shape index (κ3) is 3.15. The normalized spacial score (nSPS) is 11.4. The van der Waals surface area contributed by atoms with Gasteiger partial charge in [-0.05, 0) is 18.6 Å². The zero-order chi connectivity index (χ0) is 8.65. The van der Waals surface area contributed by atoms with Crippen LogP contribution in [0.15, 0.2) is 47.5 Å².